The van der Waals surface area contributed by atoms with E-state index in [-0.39, 0.29) is 12.1 Å². The number of urea groups is 1. The molecule has 1 saturated heterocycles. The quantitative estimate of drug-likeness (QED) is 0.871. The van der Waals surface area contributed by atoms with Crippen molar-refractivity contribution >= 4 is 12.0 Å². The third-order valence-corrected chi connectivity index (χ3v) is 5.28. The molecule has 1 heterocycles. The van der Waals surface area contributed by atoms with Gasteiger partial charge in [0, 0.05) is 19.6 Å². The summed E-state index contributed by atoms with van der Waals surface area (Å²) in [7, 11) is 1.84. The second-order valence-electron chi connectivity index (χ2n) is 6.52. The number of likely N-dealkylation sites (tertiary alicyclic amines) is 1. The topological polar surface area (TPSA) is 60.9 Å². The zero-order chi connectivity index (χ0) is 15.4. The minimum Gasteiger partial charge on any atom is -0.480 e. The van der Waals surface area contributed by atoms with Crippen LogP contribution in [-0.2, 0) is 4.79 Å². The monoisotopic (exact) mass is 296 g/mol. The standard InChI is InChI=1S/C16H28N2O3/c1-3-12-7-9-13(10-8-12)17(2)16(21)18-11-5-4-6-14(18)15(19)20/h12-14H,3-11H2,1-2H3,(H,19,20). The fourth-order valence-electron chi connectivity index (χ4n) is 3.72. The molecule has 0 aromatic heterocycles. The van der Waals surface area contributed by atoms with E-state index in [2.05, 4.69) is 6.92 Å². The third kappa shape index (κ3) is 3.69. The van der Waals surface area contributed by atoms with E-state index < -0.39 is 12.0 Å². The van der Waals surface area contributed by atoms with Crippen LogP contribution in [0.4, 0.5) is 4.79 Å². The Bertz CT molecular complexity index is 378. The van der Waals surface area contributed by atoms with Crippen molar-refractivity contribution in [2.75, 3.05) is 13.6 Å². The number of nitrogens with zero attached hydrogens (tertiary/aromatic N) is 2. The molecule has 21 heavy (non-hydrogen) atoms. The molecule has 1 atom stereocenters. The largest absolute Gasteiger partial charge is 0.480 e. The molecular formula is C16H28N2O3. The van der Waals surface area contributed by atoms with Crippen LogP contribution in [0, 0.1) is 5.92 Å². The van der Waals surface area contributed by atoms with E-state index in [4.69, 9.17) is 0 Å². The summed E-state index contributed by atoms with van der Waals surface area (Å²) >= 11 is 0. The Morgan fingerprint density at radius 2 is 1.81 bits per heavy atom. The van der Waals surface area contributed by atoms with Crippen molar-refractivity contribution in [2.24, 2.45) is 5.92 Å². The summed E-state index contributed by atoms with van der Waals surface area (Å²) in [4.78, 5) is 27.4. The number of hydrogen-bond donors (Lipinski definition) is 1. The first-order valence-electron chi connectivity index (χ1n) is 8.30. The average Bonchev–Trinajstić information content (AvgIpc) is 2.53. The first-order valence-corrected chi connectivity index (χ1v) is 8.30. The smallest absolute Gasteiger partial charge is 0.326 e. The molecule has 2 aliphatic rings. The van der Waals surface area contributed by atoms with Crippen molar-refractivity contribution in [3.05, 3.63) is 0 Å². The molecular weight excluding hydrogens is 268 g/mol. The SMILES string of the molecule is CCC1CCC(N(C)C(=O)N2CCCCC2C(=O)O)CC1. The Kier molecular flexibility index (Phi) is 5.48. The summed E-state index contributed by atoms with van der Waals surface area (Å²) in [5.41, 5.74) is 0. The van der Waals surface area contributed by atoms with Gasteiger partial charge >= 0.3 is 12.0 Å². The normalized spacial score (nSPS) is 30.0. The Balaban J connectivity index is 1.96. The van der Waals surface area contributed by atoms with Crippen LogP contribution in [0.25, 0.3) is 0 Å². The van der Waals surface area contributed by atoms with E-state index in [9.17, 15) is 14.7 Å². The Morgan fingerprint density at radius 1 is 1.14 bits per heavy atom. The number of amides is 2. The van der Waals surface area contributed by atoms with Crippen LogP contribution in [0.2, 0.25) is 0 Å². The predicted molar refractivity (Wildman–Crippen MR) is 81.2 cm³/mol. The van der Waals surface area contributed by atoms with Crippen LogP contribution in [0.1, 0.15) is 58.3 Å². The lowest BCUT2D eigenvalue weighted by Gasteiger charge is -2.40. The zero-order valence-electron chi connectivity index (χ0n) is 13.3. The summed E-state index contributed by atoms with van der Waals surface area (Å²) in [5.74, 6) is -0.0716. The number of aliphatic carboxylic acids is 1. The van der Waals surface area contributed by atoms with E-state index in [0.717, 1.165) is 31.6 Å². The van der Waals surface area contributed by atoms with Gasteiger partial charge in [0.25, 0.3) is 0 Å². The molecule has 0 aromatic rings. The van der Waals surface area contributed by atoms with Crippen LogP contribution in [0.5, 0.6) is 0 Å². The Hall–Kier alpha value is -1.26. The van der Waals surface area contributed by atoms with Crippen molar-refractivity contribution in [2.45, 2.75) is 70.4 Å². The first kappa shape index (κ1) is 16.1. The van der Waals surface area contributed by atoms with E-state index in [1.807, 2.05) is 7.05 Å². The van der Waals surface area contributed by atoms with E-state index in [1.54, 1.807) is 9.80 Å². The lowest BCUT2D eigenvalue weighted by Crippen LogP contribution is -2.54. The summed E-state index contributed by atoms with van der Waals surface area (Å²) in [6.07, 6.45) is 8.06. The number of hydrogen-bond acceptors (Lipinski definition) is 2. The maximum Gasteiger partial charge on any atom is 0.326 e. The van der Waals surface area contributed by atoms with Crippen LogP contribution < -0.4 is 0 Å². The lowest BCUT2D eigenvalue weighted by molar-refractivity contribution is -0.143. The molecule has 0 spiro atoms. The van der Waals surface area contributed by atoms with E-state index in [1.165, 1.54) is 19.3 Å². The highest BCUT2D eigenvalue weighted by Gasteiger charge is 2.35. The van der Waals surface area contributed by atoms with Crippen LogP contribution >= 0.6 is 0 Å². The fourth-order valence-corrected chi connectivity index (χ4v) is 3.72. The number of carbonyl (C=O) groups excluding carboxylic acids is 1. The number of carboxylic acids is 1. The third-order valence-electron chi connectivity index (χ3n) is 5.28. The van der Waals surface area contributed by atoms with Crippen LogP contribution in [-0.4, -0.2) is 52.6 Å². The summed E-state index contributed by atoms with van der Waals surface area (Å²) in [6.45, 7) is 2.80. The maximum atomic E-state index is 12.7. The molecule has 1 aliphatic carbocycles. The van der Waals surface area contributed by atoms with E-state index in [0.29, 0.717) is 13.0 Å². The minimum atomic E-state index is -0.869. The highest BCUT2D eigenvalue weighted by molar-refractivity contribution is 5.83. The molecule has 2 fully saturated rings. The molecule has 2 amide bonds. The molecule has 0 radical (unpaired) electrons. The Morgan fingerprint density at radius 3 is 2.38 bits per heavy atom. The van der Waals surface area contributed by atoms with Gasteiger partial charge in [0.15, 0.2) is 0 Å². The van der Waals surface area contributed by atoms with E-state index >= 15 is 0 Å². The molecule has 5 heteroatoms. The number of carboxylic acid groups (broad SMARTS) is 1. The molecule has 1 N–H and O–H groups in total. The van der Waals surface area contributed by atoms with Gasteiger partial charge in [0.2, 0.25) is 0 Å². The van der Waals surface area contributed by atoms with Gasteiger partial charge in [0.1, 0.15) is 6.04 Å². The van der Waals surface area contributed by atoms with Gasteiger partial charge in [-0.2, -0.15) is 0 Å². The Labute approximate surface area is 127 Å². The second-order valence-corrected chi connectivity index (χ2v) is 6.52. The van der Waals surface area contributed by atoms with Gasteiger partial charge in [-0.05, 0) is 50.9 Å². The van der Waals surface area contributed by atoms with Crippen molar-refractivity contribution < 1.29 is 14.7 Å². The van der Waals surface area contributed by atoms with Gasteiger partial charge in [-0.15, -0.1) is 0 Å². The molecule has 120 valence electrons. The highest BCUT2D eigenvalue weighted by Crippen LogP contribution is 2.30. The van der Waals surface area contributed by atoms with Gasteiger partial charge in [-0.1, -0.05) is 13.3 Å². The summed E-state index contributed by atoms with van der Waals surface area (Å²) in [6, 6.07) is -0.459. The number of piperidine rings is 1. The molecule has 2 rings (SSSR count). The van der Waals surface area contributed by atoms with Crippen LogP contribution in [0.3, 0.4) is 0 Å². The van der Waals surface area contributed by atoms with Gasteiger partial charge in [-0.3, -0.25) is 0 Å². The van der Waals surface area contributed by atoms with Crippen molar-refractivity contribution in [1.29, 1.82) is 0 Å². The molecule has 1 saturated carbocycles. The molecule has 5 nitrogen and oxygen atoms in total. The zero-order valence-corrected chi connectivity index (χ0v) is 13.3. The highest BCUT2D eigenvalue weighted by atomic mass is 16.4. The predicted octanol–water partition coefficient (Wildman–Crippen LogP) is 2.95. The second kappa shape index (κ2) is 7.14. The maximum absolute atomic E-state index is 12.7. The van der Waals surface area contributed by atoms with Crippen LogP contribution in [0.15, 0.2) is 0 Å². The minimum absolute atomic E-state index is 0.0953. The molecule has 0 aromatic carbocycles. The molecule has 1 unspecified atom stereocenters. The van der Waals surface area contributed by atoms with Crippen molar-refractivity contribution in [3.63, 3.8) is 0 Å². The summed E-state index contributed by atoms with van der Waals surface area (Å²) < 4.78 is 0. The van der Waals surface area contributed by atoms with Crippen molar-refractivity contribution in [1.82, 2.24) is 9.80 Å². The summed E-state index contributed by atoms with van der Waals surface area (Å²) in [5, 5.41) is 9.30. The van der Waals surface area contributed by atoms with Crippen molar-refractivity contribution in [3.8, 4) is 0 Å². The fraction of sp³-hybridized carbons (Fsp3) is 0.875. The first-order chi connectivity index (χ1) is 10.0. The molecule has 0 bridgehead atoms. The average molecular weight is 296 g/mol. The number of rotatable bonds is 3. The molecule has 1 aliphatic heterocycles. The van der Waals surface area contributed by atoms with Gasteiger partial charge in [-0.25, -0.2) is 9.59 Å². The van der Waals surface area contributed by atoms with Gasteiger partial charge in [0.05, 0.1) is 0 Å². The number of carbonyl (C=O) groups is 2. The lowest BCUT2D eigenvalue weighted by atomic mass is 9.84. The van der Waals surface area contributed by atoms with Gasteiger partial charge < -0.3 is 14.9 Å².